The molecule has 19 heavy (non-hydrogen) atoms. The molecule has 0 saturated heterocycles. The quantitative estimate of drug-likeness (QED) is 0.374. The van der Waals surface area contributed by atoms with Crippen LogP contribution in [0.4, 0.5) is 5.69 Å². The summed E-state index contributed by atoms with van der Waals surface area (Å²) in [7, 11) is 0. The number of ether oxygens (including phenoxy) is 1. The van der Waals surface area contributed by atoms with E-state index in [0.717, 1.165) is 11.4 Å². The summed E-state index contributed by atoms with van der Waals surface area (Å²) in [5.74, 6) is 7.01. The number of hydrogen-bond donors (Lipinski definition) is 2. The van der Waals surface area contributed by atoms with Gasteiger partial charge in [0.1, 0.15) is 11.6 Å². The molecule has 0 aliphatic heterocycles. The number of amidine groups is 1. The van der Waals surface area contributed by atoms with E-state index in [1.54, 1.807) is 0 Å². The summed E-state index contributed by atoms with van der Waals surface area (Å²) < 4.78 is 5.60. The third kappa shape index (κ3) is 4.44. The van der Waals surface area contributed by atoms with Crippen LogP contribution in [0.2, 0.25) is 0 Å². The van der Waals surface area contributed by atoms with Crippen LogP contribution in [0.25, 0.3) is 0 Å². The van der Waals surface area contributed by atoms with Crippen LogP contribution in [-0.4, -0.2) is 12.4 Å². The molecule has 98 valence electrons. The third-order valence-corrected chi connectivity index (χ3v) is 2.54. The fourth-order valence-electron chi connectivity index (χ4n) is 1.60. The maximum atomic E-state index is 5.60. The molecule has 0 aliphatic rings. The van der Waals surface area contributed by atoms with Crippen molar-refractivity contribution in [3.8, 4) is 5.75 Å². The first-order valence-electron chi connectivity index (χ1n) is 6.15. The monoisotopic (exact) mass is 255 g/mol. The maximum absolute atomic E-state index is 5.60. The molecule has 0 saturated carbocycles. The number of nitrogens with one attached hydrogen (secondary N) is 1. The molecule has 0 unspecified atom stereocenters. The molecule has 0 amide bonds. The van der Waals surface area contributed by atoms with Gasteiger partial charge in [-0.2, -0.15) is 0 Å². The summed E-state index contributed by atoms with van der Waals surface area (Å²) in [4.78, 5) is 4.41. The lowest BCUT2D eigenvalue weighted by Crippen LogP contribution is -2.31. The fourth-order valence-corrected chi connectivity index (χ4v) is 1.60. The molecule has 3 N–H and O–H groups in total. The predicted molar refractivity (Wildman–Crippen MR) is 77.4 cm³/mol. The van der Waals surface area contributed by atoms with Gasteiger partial charge in [0.2, 0.25) is 0 Å². The standard InChI is InChI=1S/C15H17N3O/c16-18-15(17-13-7-3-1-4-8-13)11-12-19-14-9-5-2-6-10-14/h1-10H,11-12,16H2,(H,17,18). The van der Waals surface area contributed by atoms with Gasteiger partial charge >= 0.3 is 0 Å². The Morgan fingerprint density at radius 1 is 1.00 bits per heavy atom. The number of hydrogen-bond acceptors (Lipinski definition) is 3. The molecule has 0 atom stereocenters. The Morgan fingerprint density at radius 2 is 1.63 bits per heavy atom. The van der Waals surface area contributed by atoms with Crippen LogP contribution < -0.4 is 16.0 Å². The zero-order chi connectivity index (χ0) is 13.3. The van der Waals surface area contributed by atoms with Gasteiger partial charge in [0.25, 0.3) is 0 Å². The molecule has 0 radical (unpaired) electrons. The van der Waals surface area contributed by atoms with Crippen LogP contribution in [0.15, 0.2) is 65.7 Å². The van der Waals surface area contributed by atoms with Gasteiger partial charge in [-0.3, -0.25) is 0 Å². The van der Waals surface area contributed by atoms with Crippen molar-refractivity contribution < 1.29 is 4.74 Å². The average Bonchev–Trinajstić information content (AvgIpc) is 2.48. The first kappa shape index (κ1) is 13.1. The van der Waals surface area contributed by atoms with Crippen LogP contribution in [-0.2, 0) is 0 Å². The van der Waals surface area contributed by atoms with E-state index < -0.39 is 0 Å². The van der Waals surface area contributed by atoms with Crippen LogP contribution >= 0.6 is 0 Å². The summed E-state index contributed by atoms with van der Waals surface area (Å²) in [5, 5.41) is 0. The molecule has 0 aliphatic carbocycles. The second-order valence-electron chi connectivity index (χ2n) is 3.95. The molecule has 0 spiro atoms. The van der Waals surface area contributed by atoms with E-state index in [0.29, 0.717) is 18.9 Å². The van der Waals surface area contributed by atoms with Crippen molar-refractivity contribution in [1.29, 1.82) is 0 Å². The van der Waals surface area contributed by atoms with Crippen molar-refractivity contribution in [3.63, 3.8) is 0 Å². The van der Waals surface area contributed by atoms with Crippen LogP contribution in [0.1, 0.15) is 6.42 Å². The lowest BCUT2D eigenvalue weighted by atomic mass is 10.3. The Labute approximate surface area is 112 Å². The number of nitrogens with two attached hydrogens (primary N) is 1. The fraction of sp³-hybridized carbons (Fsp3) is 0.133. The van der Waals surface area contributed by atoms with Crippen molar-refractivity contribution >= 4 is 11.5 Å². The summed E-state index contributed by atoms with van der Waals surface area (Å²) in [6.07, 6.45) is 0.625. The second kappa shape index (κ2) is 7.18. The van der Waals surface area contributed by atoms with Crippen molar-refractivity contribution in [1.82, 2.24) is 5.43 Å². The zero-order valence-electron chi connectivity index (χ0n) is 10.6. The van der Waals surface area contributed by atoms with E-state index >= 15 is 0 Å². The number of hydrazine groups is 1. The van der Waals surface area contributed by atoms with Crippen LogP contribution in [0.3, 0.4) is 0 Å². The summed E-state index contributed by atoms with van der Waals surface area (Å²) in [6, 6.07) is 19.4. The highest BCUT2D eigenvalue weighted by atomic mass is 16.5. The van der Waals surface area contributed by atoms with E-state index in [1.807, 2.05) is 60.7 Å². The Bertz CT molecular complexity index is 511. The van der Waals surface area contributed by atoms with E-state index in [2.05, 4.69) is 10.4 Å². The van der Waals surface area contributed by atoms with Crippen molar-refractivity contribution in [2.24, 2.45) is 10.8 Å². The molecular formula is C15H17N3O. The summed E-state index contributed by atoms with van der Waals surface area (Å²) in [6.45, 7) is 0.528. The first-order chi connectivity index (χ1) is 9.38. The summed E-state index contributed by atoms with van der Waals surface area (Å²) in [5.41, 5.74) is 3.48. The van der Waals surface area contributed by atoms with Gasteiger partial charge in [-0.1, -0.05) is 36.4 Å². The highest BCUT2D eigenvalue weighted by molar-refractivity contribution is 5.84. The summed E-state index contributed by atoms with van der Waals surface area (Å²) >= 11 is 0. The smallest absolute Gasteiger partial charge is 0.120 e. The minimum absolute atomic E-state index is 0.528. The van der Waals surface area contributed by atoms with Gasteiger partial charge in [-0.05, 0) is 24.3 Å². The second-order valence-corrected chi connectivity index (χ2v) is 3.95. The molecule has 4 heteroatoms. The van der Waals surface area contributed by atoms with Crippen molar-refractivity contribution in [3.05, 3.63) is 60.7 Å². The van der Waals surface area contributed by atoms with Crippen molar-refractivity contribution in [2.45, 2.75) is 6.42 Å². The predicted octanol–water partition coefficient (Wildman–Crippen LogP) is 2.65. The molecule has 2 aromatic carbocycles. The number of nitrogens with zero attached hydrogens (tertiary/aromatic N) is 1. The molecule has 0 aromatic heterocycles. The van der Waals surface area contributed by atoms with Gasteiger partial charge in [-0.25, -0.2) is 10.8 Å². The van der Waals surface area contributed by atoms with E-state index in [1.165, 1.54) is 0 Å². The number of aliphatic imine (C=N–C) groups is 1. The van der Waals surface area contributed by atoms with Gasteiger partial charge < -0.3 is 10.2 Å². The highest BCUT2D eigenvalue weighted by Gasteiger charge is 1.99. The number of rotatable bonds is 5. The van der Waals surface area contributed by atoms with Gasteiger partial charge in [0.15, 0.2) is 0 Å². The molecule has 0 heterocycles. The SMILES string of the molecule is NNC(CCOc1ccccc1)=Nc1ccccc1. The Morgan fingerprint density at radius 3 is 2.26 bits per heavy atom. The average molecular weight is 255 g/mol. The van der Waals surface area contributed by atoms with Gasteiger partial charge in [-0.15, -0.1) is 0 Å². The van der Waals surface area contributed by atoms with Gasteiger partial charge in [0.05, 0.1) is 12.3 Å². The lowest BCUT2D eigenvalue weighted by Gasteiger charge is -2.08. The minimum atomic E-state index is 0.528. The number of benzene rings is 2. The Hall–Kier alpha value is -2.33. The van der Waals surface area contributed by atoms with Crippen LogP contribution in [0, 0.1) is 0 Å². The van der Waals surface area contributed by atoms with Crippen molar-refractivity contribution in [2.75, 3.05) is 6.61 Å². The number of para-hydroxylation sites is 2. The Kier molecular flexibility index (Phi) is 4.96. The largest absolute Gasteiger partial charge is 0.493 e. The molecule has 2 rings (SSSR count). The molecule has 4 nitrogen and oxygen atoms in total. The maximum Gasteiger partial charge on any atom is 0.120 e. The van der Waals surface area contributed by atoms with E-state index in [-0.39, 0.29) is 0 Å². The molecule has 0 bridgehead atoms. The first-order valence-corrected chi connectivity index (χ1v) is 6.15. The molecular weight excluding hydrogens is 238 g/mol. The highest BCUT2D eigenvalue weighted by Crippen LogP contribution is 2.11. The van der Waals surface area contributed by atoms with E-state index in [9.17, 15) is 0 Å². The Balaban J connectivity index is 1.88. The third-order valence-electron chi connectivity index (χ3n) is 2.54. The van der Waals surface area contributed by atoms with Gasteiger partial charge in [0, 0.05) is 6.42 Å². The minimum Gasteiger partial charge on any atom is -0.493 e. The zero-order valence-corrected chi connectivity index (χ0v) is 10.6. The van der Waals surface area contributed by atoms with E-state index in [4.69, 9.17) is 10.6 Å². The normalized spacial score (nSPS) is 11.1. The topological polar surface area (TPSA) is 59.6 Å². The molecule has 0 fully saturated rings. The lowest BCUT2D eigenvalue weighted by molar-refractivity contribution is 0.328. The van der Waals surface area contributed by atoms with Crippen LogP contribution in [0.5, 0.6) is 5.75 Å². The molecule has 2 aromatic rings.